The van der Waals surface area contributed by atoms with Crippen molar-refractivity contribution in [1.82, 2.24) is 10.2 Å². The molecule has 1 amide bonds. The summed E-state index contributed by atoms with van der Waals surface area (Å²) in [6.07, 6.45) is 4.91. The number of nitrogens with zero attached hydrogens (tertiary/aromatic N) is 1. The molecular formula is C22H24N2O2S. The SMILES string of the molecule is O=C(CN(Cc1ccco1)Cc1cccs1)N[C@H]1CCCc2ccccc21. The lowest BCUT2D eigenvalue weighted by Crippen LogP contribution is -2.39. The lowest BCUT2D eigenvalue weighted by Gasteiger charge is -2.28. The van der Waals surface area contributed by atoms with Crippen LogP contribution >= 0.6 is 11.3 Å². The Bertz CT molecular complexity index is 822. The molecule has 0 fully saturated rings. The van der Waals surface area contributed by atoms with Crippen LogP contribution in [0.1, 0.15) is 40.6 Å². The molecule has 0 saturated carbocycles. The maximum atomic E-state index is 12.8. The molecule has 0 unspecified atom stereocenters. The molecule has 0 bridgehead atoms. The zero-order chi connectivity index (χ0) is 18.5. The van der Waals surface area contributed by atoms with Gasteiger partial charge in [-0.3, -0.25) is 9.69 Å². The summed E-state index contributed by atoms with van der Waals surface area (Å²) in [4.78, 5) is 16.2. The van der Waals surface area contributed by atoms with E-state index in [1.165, 1.54) is 16.0 Å². The van der Waals surface area contributed by atoms with Crippen molar-refractivity contribution in [1.29, 1.82) is 0 Å². The number of benzene rings is 1. The molecule has 2 heterocycles. The van der Waals surface area contributed by atoms with Crippen LogP contribution in [0.25, 0.3) is 0 Å². The Hall–Kier alpha value is -2.37. The number of fused-ring (bicyclic) bond motifs is 1. The minimum atomic E-state index is 0.0693. The predicted molar refractivity (Wildman–Crippen MR) is 107 cm³/mol. The van der Waals surface area contributed by atoms with E-state index in [4.69, 9.17) is 4.42 Å². The van der Waals surface area contributed by atoms with E-state index in [1.54, 1.807) is 17.6 Å². The molecule has 4 rings (SSSR count). The standard InChI is InChI=1S/C22H24N2O2S/c25-22(23-21-11-3-7-17-6-1-2-10-20(17)21)16-24(14-18-8-4-12-26-18)15-19-9-5-13-27-19/h1-2,4-6,8-10,12-13,21H,3,7,11,14-16H2,(H,23,25)/t21-/m0/s1. The minimum absolute atomic E-state index is 0.0693. The number of rotatable bonds is 7. The molecule has 1 aromatic carbocycles. The number of nitrogens with one attached hydrogen (secondary N) is 1. The summed E-state index contributed by atoms with van der Waals surface area (Å²) in [5, 5.41) is 5.33. The molecule has 1 atom stereocenters. The van der Waals surface area contributed by atoms with Gasteiger partial charge in [-0.1, -0.05) is 30.3 Å². The second kappa shape index (κ2) is 8.55. The molecule has 3 aromatic rings. The van der Waals surface area contributed by atoms with Crippen molar-refractivity contribution in [2.45, 2.75) is 38.4 Å². The van der Waals surface area contributed by atoms with Crippen LogP contribution in [0.4, 0.5) is 0 Å². The average Bonchev–Trinajstić information content (AvgIpc) is 3.36. The van der Waals surface area contributed by atoms with Gasteiger partial charge in [0.05, 0.1) is 25.4 Å². The van der Waals surface area contributed by atoms with Crippen molar-refractivity contribution in [3.05, 3.63) is 81.9 Å². The first-order valence-electron chi connectivity index (χ1n) is 9.42. The number of furan rings is 1. The van der Waals surface area contributed by atoms with E-state index in [2.05, 4.69) is 45.9 Å². The van der Waals surface area contributed by atoms with E-state index in [1.807, 2.05) is 18.2 Å². The zero-order valence-corrected chi connectivity index (χ0v) is 16.1. The van der Waals surface area contributed by atoms with Crippen molar-refractivity contribution in [3.8, 4) is 0 Å². The van der Waals surface area contributed by atoms with E-state index in [0.29, 0.717) is 13.1 Å². The zero-order valence-electron chi connectivity index (χ0n) is 15.3. The lowest BCUT2D eigenvalue weighted by atomic mass is 9.88. The molecule has 0 aliphatic heterocycles. The topological polar surface area (TPSA) is 45.5 Å². The number of aryl methyl sites for hydroxylation is 1. The summed E-state index contributed by atoms with van der Waals surface area (Å²) >= 11 is 1.71. The van der Waals surface area contributed by atoms with E-state index in [0.717, 1.165) is 31.6 Å². The highest BCUT2D eigenvalue weighted by Crippen LogP contribution is 2.29. The van der Waals surface area contributed by atoms with Crippen molar-refractivity contribution >= 4 is 17.2 Å². The van der Waals surface area contributed by atoms with E-state index < -0.39 is 0 Å². The smallest absolute Gasteiger partial charge is 0.234 e. The summed E-state index contributed by atoms with van der Waals surface area (Å²) in [5.41, 5.74) is 2.63. The molecular weight excluding hydrogens is 356 g/mol. The first-order chi connectivity index (χ1) is 13.3. The number of carbonyl (C=O) groups excluding carboxylic acids is 1. The van der Waals surface area contributed by atoms with Crippen LogP contribution < -0.4 is 5.32 Å². The van der Waals surface area contributed by atoms with Crippen LogP contribution in [0, 0.1) is 0 Å². The van der Waals surface area contributed by atoms with Crippen molar-refractivity contribution in [2.24, 2.45) is 0 Å². The summed E-state index contributed by atoms with van der Waals surface area (Å²) in [6, 6.07) is 16.6. The summed E-state index contributed by atoms with van der Waals surface area (Å²) in [7, 11) is 0. The Labute approximate surface area is 163 Å². The Morgan fingerprint density at radius 2 is 2.07 bits per heavy atom. The Morgan fingerprint density at radius 3 is 2.89 bits per heavy atom. The van der Waals surface area contributed by atoms with Gasteiger partial charge in [0, 0.05) is 11.4 Å². The van der Waals surface area contributed by atoms with Gasteiger partial charge in [0.2, 0.25) is 5.91 Å². The maximum Gasteiger partial charge on any atom is 0.234 e. The van der Waals surface area contributed by atoms with Crippen LogP contribution in [-0.2, 0) is 24.3 Å². The van der Waals surface area contributed by atoms with Crippen LogP contribution in [-0.4, -0.2) is 17.4 Å². The molecule has 1 aliphatic carbocycles. The lowest BCUT2D eigenvalue weighted by molar-refractivity contribution is -0.123. The third-order valence-corrected chi connectivity index (χ3v) is 5.85. The highest BCUT2D eigenvalue weighted by atomic mass is 32.1. The molecule has 0 spiro atoms. The van der Waals surface area contributed by atoms with Gasteiger partial charge in [-0.25, -0.2) is 0 Å². The molecule has 1 N–H and O–H groups in total. The van der Waals surface area contributed by atoms with Crippen LogP contribution in [0.15, 0.2) is 64.6 Å². The molecule has 4 nitrogen and oxygen atoms in total. The monoisotopic (exact) mass is 380 g/mol. The number of carbonyl (C=O) groups is 1. The molecule has 0 radical (unpaired) electrons. The maximum absolute atomic E-state index is 12.8. The van der Waals surface area contributed by atoms with Crippen molar-refractivity contribution < 1.29 is 9.21 Å². The number of hydrogen-bond donors (Lipinski definition) is 1. The molecule has 140 valence electrons. The summed E-state index contributed by atoms with van der Waals surface area (Å²) in [6.45, 7) is 1.73. The van der Waals surface area contributed by atoms with E-state index >= 15 is 0 Å². The second-order valence-corrected chi connectivity index (χ2v) is 8.05. The van der Waals surface area contributed by atoms with E-state index in [9.17, 15) is 4.79 Å². The Balaban J connectivity index is 1.42. The first-order valence-corrected chi connectivity index (χ1v) is 10.3. The van der Waals surface area contributed by atoms with Crippen molar-refractivity contribution in [2.75, 3.05) is 6.54 Å². The number of amides is 1. The Kier molecular flexibility index (Phi) is 5.70. The molecule has 2 aromatic heterocycles. The fourth-order valence-corrected chi connectivity index (χ4v) is 4.51. The van der Waals surface area contributed by atoms with Gasteiger partial charge < -0.3 is 9.73 Å². The molecule has 1 aliphatic rings. The van der Waals surface area contributed by atoms with Crippen LogP contribution in [0.5, 0.6) is 0 Å². The molecule has 5 heteroatoms. The van der Waals surface area contributed by atoms with Gasteiger partial charge in [-0.05, 0) is 54.0 Å². The minimum Gasteiger partial charge on any atom is -0.468 e. The first kappa shape index (κ1) is 18.0. The van der Waals surface area contributed by atoms with Crippen LogP contribution in [0.3, 0.4) is 0 Å². The Morgan fingerprint density at radius 1 is 1.15 bits per heavy atom. The van der Waals surface area contributed by atoms with E-state index in [-0.39, 0.29) is 11.9 Å². The summed E-state index contributed by atoms with van der Waals surface area (Å²) < 4.78 is 5.49. The van der Waals surface area contributed by atoms with Gasteiger partial charge >= 0.3 is 0 Å². The predicted octanol–water partition coefficient (Wildman–Crippen LogP) is 4.54. The van der Waals surface area contributed by atoms with Gasteiger partial charge in [0.25, 0.3) is 0 Å². The quantitative estimate of drug-likeness (QED) is 0.655. The van der Waals surface area contributed by atoms with Crippen molar-refractivity contribution in [3.63, 3.8) is 0 Å². The largest absolute Gasteiger partial charge is 0.468 e. The second-order valence-electron chi connectivity index (χ2n) is 7.02. The fourth-order valence-electron chi connectivity index (χ4n) is 3.76. The van der Waals surface area contributed by atoms with Gasteiger partial charge in [-0.2, -0.15) is 0 Å². The normalized spacial score (nSPS) is 16.3. The van der Waals surface area contributed by atoms with Crippen LogP contribution in [0.2, 0.25) is 0 Å². The van der Waals surface area contributed by atoms with Gasteiger partial charge in [-0.15, -0.1) is 11.3 Å². The highest BCUT2D eigenvalue weighted by Gasteiger charge is 2.22. The third-order valence-electron chi connectivity index (χ3n) is 4.99. The average molecular weight is 381 g/mol. The summed E-state index contributed by atoms with van der Waals surface area (Å²) in [5.74, 6) is 0.946. The van der Waals surface area contributed by atoms with Gasteiger partial charge in [0.15, 0.2) is 0 Å². The number of hydrogen-bond acceptors (Lipinski definition) is 4. The third kappa shape index (κ3) is 4.67. The molecule has 27 heavy (non-hydrogen) atoms. The molecule has 0 saturated heterocycles. The number of thiophene rings is 1. The fraction of sp³-hybridized carbons (Fsp3) is 0.318. The highest BCUT2D eigenvalue weighted by molar-refractivity contribution is 7.09. The van der Waals surface area contributed by atoms with Gasteiger partial charge in [0.1, 0.15) is 5.76 Å².